The van der Waals surface area contributed by atoms with E-state index < -0.39 is 0 Å². The Bertz CT molecular complexity index is 349. The van der Waals surface area contributed by atoms with E-state index in [2.05, 4.69) is 5.32 Å². The molecule has 1 rings (SSSR count). The zero-order valence-corrected chi connectivity index (χ0v) is 8.33. The molecule has 0 aromatic carbocycles. The first-order valence-corrected chi connectivity index (χ1v) is 4.73. The predicted octanol–water partition coefficient (Wildman–Crippen LogP) is 2.22. The highest BCUT2D eigenvalue weighted by atomic mass is 32.2. The molecule has 3 nitrogen and oxygen atoms in total. The van der Waals surface area contributed by atoms with Gasteiger partial charge in [-0.1, -0.05) is 18.7 Å². The summed E-state index contributed by atoms with van der Waals surface area (Å²) in [4.78, 5) is 1.14. The van der Waals surface area contributed by atoms with Gasteiger partial charge in [-0.05, 0) is 13.3 Å². The van der Waals surface area contributed by atoms with Gasteiger partial charge in [0.25, 0.3) is 0 Å². The molecule has 13 heavy (non-hydrogen) atoms. The third kappa shape index (κ3) is 1.85. The lowest BCUT2D eigenvalue weighted by molar-refractivity contribution is 0.935. The largest absolute Gasteiger partial charge is 0.351 e. The second kappa shape index (κ2) is 4.02. The first kappa shape index (κ1) is 9.70. The molecule has 0 aromatic heterocycles. The van der Waals surface area contributed by atoms with E-state index in [0.29, 0.717) is 5.03 Å². The molecular formula is C9H9N3S. The molecule has 0 bridgehead atoms. The Kier molecular flexibility index (Phi) is 3.00. The zero-order valence-electron chi connectivity index (χ0n) is 7.51. The molecule has 0 amide bonds. The van der Waals surface area contributed by atoms with Gasteiger partial charge < -0.3 is 5.32 Å². The van der Waals surface area contributed by atoms with Crippen LogP contribution in [0.25, 0.3) is 0 Å². The van der Waals surface area contributed by atoms with Crippen LogP contribution in [-0.2, 0) is 0 Å². The lowest BCUT2D eigenvalue weighted by Gasteiger charge is -1.99. The van der Waals surface area contributed by atoms with E-state index in [1.54, 1.807) is 0 Å². The third-order valence-electron chi connectivity index (χ3n) is 1.75. The fourth-order valence-corrected chi connectivity index (χ4v) is 2.04. The van der Waals surface area contributed by atoms with Crippen LogP contribution in [0.3, 0.4) is 0 Å². The summed E-state index contributed by atoms with van der Waals surface area (Å²) in [5.74, 6) is 0. The van der Waals surface area contributed by atoms with Crippen LogP contribution < -0.4 is 5.32 Å². The van der Waals surface area contributed by atoms with Crippen molar-refractivity contribution in [3.05, 3.63) is 21.2 Å². The number of thioether (sulfide) groups is 1. The molecule has 0 saturated heterocycles. The summed E-state index contributed by atoms with van der Waals surface area (Å²) in [6.45, 7) is 4.02. The Morgan fingerprint density at radius 3 is 2.46 bits per heavy atom. The summed E-state index contributed by atoms with van der Waals surface area (Å²) >= 11 is 1.46. The minimum Gasteiger partial charge on any atom is -0.351 e. The van der Waals surface area contributed by atoms with Crippen molar-refractivity contribution in [1.29, 1.82) is 10.5 Å². The van der Waals surface area contributed by atoms with Crippen molar-refractivity contribution < 1.29 is 0 Å². The van der Waals surface area contributed by atoms with Crippen LogP contribution in [0.1, 0.15) is 20.3 Å². The van der Waals surface area contributed by atoms with E-state index in [9.17, 15) is 0 Å². The van der Waals surface area contributed by atoms with Crippen molar-refractivity contribution in [3.63, 3.8) is 0 Å². The van der Waals surface area contributed by atoms with Crippen molar-refractivity contribution >= 4 is 11.8 Å². The second-order valence-electron chi connectivity index (χ2n) is 2.54. The molecular weight excluding hydrogens is 182 g/mol. The molecule has 1 aliphatic heterocycles. The van der Waals surface area contributed by atoms with Crippen LogP contribution in [-0.4, -0.2) is 0 Å². The fraction of sp³-hybridized carbons (Fsp3) is 0.333. The molecule has 1 N–H and O–H groups in total. The Labute approximate surface area is 81.7 Å². The Morgan fingerprint density at radius 2 is 2.08 bits per heavy atom. The number of hydrogen-bond donors (Lipinski definition) is 1. The van der Waals surface area contributed by atoms with Gasteiger partial charge in [0, 0.05) is 10.6 Å². The van der Waals surface area contributed by atoms with E-state index in [1.165, 1.54) is 11.8 Å². The molecule has 0 spiro atoms. The van der Waals surface area contributed by atoms with Crippen LogP contribution in [0.15, 0.2) is 21.2 Å². The second-order valence-corrected chi connectivity index (χ2v) is 3.77. The number of hydrogen-bond acceptors (Lipinski definition) is 4. The van der Waals surface area contributed by atoms with E-state index in [1.807, 2.05) is 26.0 Å². The normalized spacial score (nSPS) is 14.9. The van der Waals surface area contributed by atoms with Gasteiger partial charge in [0.15, 0.2) is 5.57 Å². The highest BCUT2D eigenvalue weighted by Crippen LogP contribution is 2.35. The molecule has 1 aliphatic rings. The molecule has 0 radical (unpaired) electrons. The van der Waals surface area contributed by atoms with E-state index in [-0.39, 0.29) is 5.57 Å². The summed E-state index contributed by atoms with van der Waals surface area (Å²) < 4.78 is 0. The van der Waals surface area contributed by atoms with Crippen LogP contribution in [0.4, 0.5) is 0 Å². The average Bonchev–Trinajstić information content (AvgIpc) is 2.49. The van der Waals surface area contributed by atoms with Gasteiger partial charge >= 0.3 is 0 Å². The maximum atomic E-state index is 8.63. The fourth-order valence-electron chi connectivity index (χ4n) is 1.04. The van der Waals surface area contributed by atoms with Gasteiger partial charge in [-0.2, -0.15) is 10.5 Å². The molecule has 0 unspecified atom stereocenters. The number of allylic oxidation sites excluding steroid dienone is 3. The number of nitriles is 2. The van der Waals surface area contributed by atoms with Gasteiger partial charge in [-0.3, -0.25) is 0 Å². The molecule has 0 atom stereocenters. The van der Waals surface area contributed by atoms with Gasteiger partial charge in [-0.15, -0.1) is 0 Å². The molecule has 66 valence electrons. The Morgan fingerprint density at radius 1 is 1.46 bits per heavy atom. The SMILES string of the molecule is CCC1=C(C)SC(=C(C#N)C#N)N1. The number of nitrogens with one attached hydrogen (secondary N) is 1. The first-order chi connectivity index (χ1) is 6.22. The number of rotatable bonds is 1. The van der Waals surface area contributed by atoms with Crippen LogP contribution in [0, 0.1) is 22.7 Å². The smallest absolute Gasteiger partial charge is 0.160 e. The topological polar surface area (TPSA) is 59.6 Å². The highest BCUT2D eigenvalue weighted by Gasteiger charge is 2.17. The summed E-state index contributed by atoms with van der Waals surface area (Å²) in [5.41, 5.74) is 1.26. The molecule has 4 heteroatoms. The maximum Gasteiger partial charge on any atom is 0.160 e. The molecule has 0 aliphatic carbocycles. The van der Waals surface area contributed by atoms with Crippen LogP contribution >= 0.6 is 11.8 Å². The monoisotopic (exact) mass is 191 g/mol. The summed E-state index contributed by atoms with van der Waals surface area (Å²) in [6, 6.07) is 3.73. The minimum absolute atomic E-state index is 0.160. The molecule has 0 fully saturated rings. The highest BCUT2D eigenvalue weighted by molar-refractivity contribution is 8.07. The van der Waals surface area contributed by atoms with Crippen molar-refractivity contribution in [2.24, 2.45) is 0 Å². The quantitative estimate of drug-likeness (QED) is 0.645. The summed E-state index contributed by atoms with van der Waals surface area (Å²) in [7, 11) is 0. The van der Waals surface area contributed by atoms with E-state index in [0.717, 1.165) is 17.0 Å². The minimum atomic E-state index is 0.160. The third-order valence-corrected chi connectivity index (χ3v) is 2.81. The van der Waals surface area contributed by atoms with Crippen molar-refractivity contribution in [2.45, 2.75) is 20.3 Å². The first-order valence-electron chi connectivity index (χ1n) is 3.92. The summed E-state index contributed by atoms with van der Waals surface area (Å²) in [6.07, 6.45) is 0.895. The van der Waals surface area contributed by atoms with E-state index in [4.69, 9.17) is 10.5 Å². The lowest BCUT2D eigenvalue weighted by atomic mass is 10.3. The van der Waals surface area contributed by atoms with Crippen molar-refractivity contribution in [3.8, 4) is 12.1 Å². The van der Waals surface area contributed by atoms with Crippen molar-refractivity contribution in [1.82, 2.24) is 5.32 Å². The molecule has 0 aromatic rings. The lowest BCUT2D eigenvalue weighted by Crippen LogP contribution is -2.06. The van der Waals surface area contributed by atoms with Crippen LogP contribution in [0.2, 0.25) is 0 Å². The zero-order chi connectivity index (χ0) is 9.84. The van der Waals surface area contributed by atoms with Crippen LogP contribution in [0.5, 0.6) is 0 Å². The summed E-state index contributed by atoms with van der Waals surface area (Å²) in [5, 5.41) is 21.0. The Balaban J connectivity index is 2.94. The van der Waals surface area contributed by atoms with Gasteiger partial charge in [0.05, 0.1) is 0 Å². The Hall–Kier alpha value is -1.39. The van der Waals surface area contributed by atoms with Crippen molar-refractivity contribution in [2.75, 3.05) is 0 Å². The van der Waals surface area contributed by atoms with E-state index >= 15 is 0 Å². The van der Waals surface area contributed by atoms with Gasteiger partial charge in [0.1, 0.15) is 17.2 Å². The molecule has 1 heterocycles. The maximum absolute atomic E-state index is 8.63. The molecule has 0 saturated carbocycles. The standard InChI is InChI=1S/C9H9N3S/c1-3-8-6(2)13-9(12-8)7(4-10)5-11/h12H,3H2,1-2H3. The van der Waals surface area contributed by atoms with Gasteiger partial charge in [-0.25, -0.2) is 0 Å². The average molecular weight is 191 g/mol. The predicted molar refractivity (Wildman–Crippen MR) is 52.0 cm³/mol. The van der Waals surface area contributed by atoms with Gasteiger partial charge in [0.2, 0.25) is 0 Å². The number of nitrogens with zero attached hydrogens (tertiary/aromatic N) is 2.